The molecule has 2 rings (SSSR count). The zero-order valence-corrected chi connectivity index (χ0v) is 11.5. The van der Waals surface area contributed by atoms with Gasteiger partial charge in [-0.3, -0.25) is 4.79 Å². The molecular formula is C13H15F3N2OS. The average Bonchev–Trinajstić information content (AvgIpc) is 2.42. The molecular weight excluding hydrogens is 289 g/mol. The van der Waals surface area contributed by atoms with Gasteiger partial charge in [-0.05, 0) is 29.3 Å². The van der Waals surface area contributed by atoms with Gasteiger partial charge in [-0.2, -0.15) is 13.2 Å². The topological polar surface area (TPSA) is 41.1 Å². The Balaban J connectivity index is 1.77. The molecule has 20 heavy (non-hydrogen) atoms. The first-order chi connectivity index (χ1) is 9.46. The second kappa shape index (κ2) is 6.49. The van der Waals surface area contributed by atoms with E-state index in [-0.39, 0.29) is 36.0 Å². The van der Waals surface area contributed by atoms with Crippen molar-refractivity contribution in [1.29, 1.82) is 0 Å². The van der Waals surface area contributed by atoms with Crippen LogP contribution in [0, 0.1) is 0 Å². The molecule has 1 heterocycles. The maximum absolute atomic E-state index is 11.9. The number of carbonyl (C=O) groups is 1. The second-order valence-electron chi connectivity index (χ2n) is 4.49. The fourth-order valence-electron chi connectivity index (χ4n) is 2.10. The SMILES string of the molecule is O=C(NCCSC(F)(F)F)[C@H]1Cc2ccccc2CN1. The summed E-state index contributed by atoms with van der Waals surface area (Å²) in [7, 11) is 0. The van der Waals surface area contributed by atoms with Gasteiger partial charge in [0.05, 0.1) is 6.04 Å². The smallest absolute Gasteiger partial charge is 0.354 e. The molecule has 0 aromatic heterocycles. The second-order valence-corrected chi connectivity index (χ2v) is 5.65. The first-order valence-corrected chi connectivity index (χ1v) is 7.23. The first-order valence-electron chi connectivity index (χ1n) is 6.24. The van der Waals surface area contributed by atoms with Gasteiger partial charge in [0.1, 0.15) is 0 Å². The number of halogens is 3. The van der Waals surface area contributed by atoms with Crippen LogP contribution < -0.4 is 10.6 Å². The van der Waals surface area contributed by atoms with Crippen molar-refractivity contribution in [3.05, 3.63) is 35.4 Å². The van der Waals surface area contributed by atoms with Crippen LogP contribution in [0.1, 0.15) is 11.1 Å². The highest BCUT2D eigenvalue weighted by molar-refractivity contribution is 8.00. The van der Waals surface area contributed by atoms with Crippen LogP contribution in [0.2, 0.25) is 0 Å². The molecule has 0 saturated carbocycles. The minimum Gasteiger partial charge on any atom is -0.354 e. The van der Waals surface area contributed by atoms with Crippen molar-refractivity contribution in [3.63, 3.8) is 0 Å². The highest BCUT2D eigenvalue weighted by Gasteiger charge is 2.28. The fourth-order valence-corrected chi connectivity index (χ4v) is 2.54. The molecule has 0 fully saturated rings. The summed E-state index contributed by atoms with van der Waals surface area (Å²) in [6.45, 7) is 0.619. The Hall–Kier alpha value is -1.21. The van der Waals surface area contributed by atoms with E-state index in [1.54, 1.807) is 0 Å². The molecule has 0 spiro atoms. The fraction of sp³-hybridized carbons (Fsp3) is 0.462. The lowest BCUT2D eigenvalue weighted by molar-refractivity contribution is -0.123. The van der Waals surface area contributed by atoms with Crippen molar-refractivity contribution >= 4 is 17.7 Å². The predicted octanol–water partition coefficient (Wildman–Crippen LogP) is 2.07. The standard InChI is InChI=1S/C13H15F3N2OS/c14-13(15,16)20-6-5-17-12(19)11-7-9-3-1-2-4-10(9)8-18-11/h1-4,11,18H,5-8H2,(H,17,19)/t11-/m1/s1. The van der Waals surface area contributed by atoms with Crippen molar-refractivity contribution in [2.45, 2.75) is 24.5 Å². The van der Waals surface area contributed by atoms with E-state index < -0.39 is 5.51 Å². The third kappa shape index (κ3) is 4.42. The summed E-state index contributed by atoms with van der Waals surface area (Å²) in [6, 6.07) is 7.45. The van der Waals surface area contributed by atoms with Crippen LogP contribution in [0.4, 0.5) is 13.2 Å². The van der Waals surface area contributed by atoms with Gasteiger partial charge >= 0.3 is 5.51 Å². The van der Waals surface area contributed by atoms with E-state index in [9.17, 15) is 18.0 Å². The Morgan fingerprint density at radius 2 is 2.05 bits per heavy atom. The van der Waals surface area contributed by atoms with E-state index in [1.807, 2.05) is 24.3 Å². The highest BCUT2D eigenvalue weighted by atomic mass is 32.2. The molecule has 2 N–H and O–H groups in total. The molecule has 1 aromatic rings. The van der Waals surface area contributed by atoms with E-state index in [0.717, 1.165) is 11.1 Å². The number of fused-ring (bicyclic) bond motifs is 1. The minimum atomic E-state index is -4.24. The number of hydrogen-bond donors (Lipinski definition) is 2. The molecule has 0 radical (unpaired) electrons. The van der Waals surface area contributed by atoms with Crippen LogP contribution in [0.25, 0.3) is 0 Å². The molecule has 7 heteroatoms. The quantitative estimate of drug-likeness (QED) is 0.837. The Kier molecular flexibility index (Phi) is 4.93. The van der Waals surface area contributed by atoms with E-state index in [4.69, 9.17) is 0 Å². The number of carbonyl (C=O) groups excluding carboxylic acids is 1. The summed E-state index contributed by atoms with van der Waals surface area (Å²) in [4.78, 5) is 11.9. The van der Waals surface area contributed by atoms with Gasteiger partial charge in [0.2, 0.25) is 5.91 Å². The van der Waals surface area contributed by atoms with Crippen LogP contribution in [0.15, 0.2) is 24.3 Å². The number of benzene rings is 1. The lowest BCUT2D eigenvalue weighted by atomic mass is 9.95. The van der Waals surface area contributed by atoms with Crippen molar-refractivity contribution < 1.29 is 18.0 Å². The van der Waals surface area contributed by atoms with Gasteiger partial charge in [-0.15, -0.1) is 0 Å². The summed E-state index contributed by atoms with van der Waals surface area (Å²) < 4.78 is 35.8. The van der Waals surface area contributed by atoms with Crippen LogP contribution in [-0.4, -0.2) is 29.8 Å². The van der Waals surface area contributed by atoms with Crippen molar-refractivity contribution in [3.8, 4) is 0 Å². The number of thioether (sulfide) groups is 1. The van der Waals surface area contributed by atoms with Crippen molar-refractivity contribution in [2.75, 3.05) is 12.3 Å². The maximum atomic E-state index is 11.9. The summed E-state index contributed by atoms with van der Waals surface area (Å²) in [6.07, 6.45) is 0.564. The largest absolute Gasteiger partial charge is 0.441 e. The maximum Gasteiger partial charge on any atom is 0.441 e. The molecule has 0 saturated heterocycles. The van der Waals surface area contributed by atoms with E-state index in [2.05, 4.69) is 10.6 Å². The van der Waals surface area contributed by atoms with Crippen LogP contribution in [0.3, 0.4) is 0 Å². The highest BCUT2D eigenvalue weighted by Crippen LogP contribution is 2.29. The molecule has 1 aromatic carbocycles. The Morgan fingerprint density at radius 3 is 2.75 bits per heavy atom. The number of amides is 1. The summed E-state index contributed by atoms with van der Waals surface area (Å²) >= 11 is -0.124. The molecule has 0 unspecified atom stereocenters. The molecule has 1 aliphatic heterocycles. The molecule has 3 nitrogen and oxygen atoms in total. The Labute approximate surface area is 119 Å². The molecule has 1 aliphatic rings. The predicted molar refractivity (Wildman–Crippen MR) is 72.3 cm³/mol. The lowest BCUT2D eigenvalue weighted by Gasteiger charge is -2.25. The van der Waals surface area contributed by atoms with Gasteiger partial charge in [0, 0.05) is 18.8 Å². The first kappa shape index (κ1) is 15.2. The van der Waals surface area contributed by atoms with Crippen molar-refractivity contribution in [2.24, 2.45) is 0 Å². The van der Waals surface area contributed by atoms with Crippen LogP contribution in [-0.2, 0) is 17.8 Å². The van der Waals surface area contributed by atoms with Crippen LogP contribution >= 0.6 is 11.8 Å². The molecule has 1 amide bonds. The summed E-state index contributed by atoms with van der Waals surface area (Å²) in [5.41, 5.74) is -1.98. The zero-order valence-electron chi connectivity index (χ0n) is 10.7. The number of rotatable bonds is 4. The molecule has 1 atom stereocenters. The third-order valence-electron chi connectivity index (χ3n) is 3.06. The van der Waals surface area contributed by atoms with Crippen molar-refractivity contribution in [1.82, 2.24) is 10.6 Å². The van der Waals surface area contributed by atoms with Gasteiger partial charge in [-0.1, -0.05) is 24.3 Å². The Morgan fingerprint density at radius 1 is 1.35 bits per heavy atom. The van der Waals surface area contributed by atoms with E-state index in [1.165, 1.54) is 0 Å². The normalized spacial score (nSPS) is 18.4. The van der Waals surface area contributed by atoms with Gasteiger partial charge in [0.15, 0.2) is 0 Å². The van der Waals surface area contributed by atoms with Gasteiger partial charge < -0.3 is 10.6 Å². The Bertz CT molecular complexity index is 479. The van der Waals surface area contributed by atoms with Crippen LogP contribution in [0.5, 0.6) is 0 Å². The summed E-state index contributed by atoms with van der Waals surface area (Å²) in [5.74, 6) is -0.416. The molecule has 0 aliphatic carbocycles. The number of nitrogens with one attached hydrogen (secondary N) is 2. The minimum absolute atomic E-state index is 0.0167. The summed E-state index contributed by atoms with van der Waals surface area (Å²) in [5, 5.41) is 5.62. The number of alkyl halides is 3. The lowest BCUT2D eigenvalue weighted by Crippen LogP contribution is -2.48. The van der Waals surface area contributed by atoms with Gasteiger partial charge in [-0.25, -0.2) is 0 Å². The number of hydrogen-bond acceptors (Lipinski definition) is 3. The molecule has 110 valence electrons. The third-order valence-corrected chi connectivity index (χ3v) is 3.80. The monoisotopic (exact) mass is 304 g/mol. The molecule has 0 bridgehead atoms. The van der Waals surface area contributed by atoms with E-state index >= 15 is 0 Å². The van der Waals surface area contributed by atoms with Gasteiger partial charge in [0.25, 0.3) is 0 Å². The van der Waals surface area contributed by atoms with E-state index in [0.29, 0.717) is 13.0 Å². The average molecular weight is 304 g/mol. The zero-order chi connectivity index (χ0) is 14.6.